The van der Waals surface area contributed by atoms with Gasteiger partial charge in [-0.1, -0.05) is 0 Å². The van der Waals surface area contributed by atoms with Gasteiger partial charge in [0.15, 0.2) is 0 Å². The molecule has 7 heteroatoms. The summed E-state index contributed by atoms with van der Waals surface area (Å²) in [6, 6.07) is 4.19. The maximum Gasteiger partial charge on any atom is 0.283 e. The van der Waals surface area contributed by atoms with Gasteiger partial charge in [0.25, 0.3) is 11.6 Å². The number of benzene rings is 1. The Balaban J connectivity index is 2.88. The summed E-state index contributed by atoms with van der Waals surface area (Å²) in [7, 11) is 0. The van der Waals surface area contributed by atoms with Crippen LogP contribution >= 0.6 is 11.8 Å². The first-order chi connectivity index (χ1) is 9.35. The van der Waals surface area contributed by atoms with Crippen LogP contribution in [0.15, 0.2) is 23.1 Å². The van der Waals surface area contributed by atoms with Gasteiger partial charge in [0.1, 0.15) is 0 Å². The molecular formula is C13H18N2O4S. The van der Waals surface area contributed by atoms with E-state index < -0.39 is 11.0 Å². The summed E-state index contributed by atoms with van der Waals surface area (Å²) >= 11 is 1.26. The van der Waals surface area contributed by atoms with Crippen molar-refractivity contribution in [2.24, 2.45) is 0 Å². The number of aliphatic hydroxyl groups excluding tert-OH is 1. The van der Waals surface area contributed by atoms with Gasteiger partial charge in [0, 0.05) is 17.7 Å². The summed E-state index contributed by atoms with van der Waals surface area (Å²) in [6.07, 6.45) is 1.65. The second kappa shape index (κ2) is 7.25. The minimum atomic E-state index is -0.515. The van der Waals surface area contributed by atoms with Crippen molar-refractivity contribution in [3.63, 3.8) is 0 Å². The fourth-order valence-corrected chi connectivity index (χ4v) is 2.40. The van der Waals surface area contributed by atoms with Crippen molar-refractivity contribution in [2.45, 2.75) is 37.3 Å². The molecule has 0 saturated heterocycles. The van der Waals surface area contributed by atoms with Crippen LogP contribution in [0.1, 0.15) is 30.6 Å². The van der Waals surface area contributed by atoms with Gasteiger partial charge >= 0.3 is 0 Å². The topological polar surface area (TPSA) is 92.5 Å². The summed E-state index contributed by atoms with van der Waals surface area (Å²) in [4.78, 5) is 23.0. The molecule has 6 nitrogen and oxygen atoms in total. The van der Waals surface area contributed by atoms with Crippen LogP contribution in [0.5, 0.6) is 0 Å². The number of rotatable bonds is 6. The first-order valence-electron chi connectivity index (χ1n) is 6.16. The molecule has 2 N–H and O–H groups in total. The number of nitrogens with zero attached hydrogens (tertiary/aromatic N) is 1. The average Bonchev–Trinajstić information content (AvgIpc) is 2.36. The number of amides is 1. The Kier molecular flexibility index (Phi) is 5.97. The molecule has 0 aliphatic rings. The van der Waals surface area contributed by atoms with Crippen molar-refractivity contribution in [3.05, 3.63) is 33.9 Å². The van der Waals surface area contributed by atoms with Gasteiger partial charge in [-0.05, 0) is 38.7 Å². The van der Waals surface area contributed by atoms with E-state index in [1.807, 2.05) is 0 Å². The molecule has 2 unspecified atom stereocenters. The van der Waals surface area contributed by atoms with Crippen LogP contribution in [0.4, 0.5) is 5.69 Å². The zero-order valence-electron chi connectivity index (χ0n) is 11.6. The van der Waals surface area contributed by atoms with Crippen molar-refractivity contribution < 1.29 is 14.8 Å². The van der Waals surface area contributed by atoms with Crippen molar-refractivity contribution >= 4 is 23.4 Å². The van der Waals surface area contributed by atoms with Crippen LogP contribution in [0.25, 0.3) is 0 Å². The minimum Gasteiger partial charge on any atom is -0.393 e. The van der Waals surface area contributed by atoms with Crippen LogP contribution in [-0.4, -0.2) is 34.3 Å². The van der Waals surface area contributed by atoms with Gasteiger partial charge < -0.3 is 10.4 Å². The monoisotopic (exact) mass is 298 g/mol. The molecule has 1 amide bonds. The van der Waals surface area contributed by atoms with Gasteiger partial charge in [0.05, 0.1) is 15.9 Å². The van der Waals surface area contributed by atoms with Crippen molar-refractivity contribution in [1.82, 2.24) is 5.32 Å². The first kappa shape index (κ1) is 16.5. The number of aliphatic hydroxyl groups is 1. The highest BCUT2D eigenvalue weighted by Gasteiger charge is 2.18. The predicted octanol–water partition coefficient (Wildman–Crippen LogP) is 2.21. The number of thioether (sulfide) groups is 1. The van der Waals surface area contributed by atoms with E-state index in [2.05, 4.69) is 5.32 Å². The smallest absolute Gasteiger partial charge is 0.283 e. The van der Waals surface area contributed by atoms with E-state index in [9.17, 15) is 20.0 Å². The number of nitro benzene ring substituents is 1. The summed E-state index contributed by atoms with van der Waals surface area (Å²) in [6.45, 7) is 3.41. The summed E-state index contributed by atoms with van der Waals surface area (Å²) in [5, 5.41) is 22.9. The van der Waals surface area contributed by atoms with Crippen molar-refractivity contribution in [3.8, 4) is 0 Å². The maximum absolute atomic E-state index is 12.0. The third-order valence-electron chi connectivity index (χ3n) is 2.71. The highest BCUT2D eigenvalue weighted by molar-refractivity contribution is 7.98. The highest BCUT2D eigenvalue weighted by atomic mass is 32.2. The fraction of sp³-hybridized carbons (Fsp3) is 0.462. The molecule has 0 saturated carbocycles. The fourth-order valence-electron chi connectivity index (χ4n) is 1.85. The molecule has 110 valence electrons. The standard InChI is InChI=1S/C13H18N2O4S/c1-8(6-9(2)16)14-13(17)10-4-5-12(20-3)11(7-10)15(18)19/h4-5,7-9,16H,6H2,1-3H3,(H,14,17). The van der Waals surface area contributed by atoms with E-state index in [0.717, 1.165) is 0 Å². The molecule has 0 fully saturated rings. The largest absolute Gasteiger partial charge is 0.393 e. The zero-order chi connectivity index (χ0) is 15.3. The molecule has 1 aromatic rings. The minimum absolute atomic E-state index is 0.0756. The van der Waals surface area contributed by atoms with Crippen molar-refractivity contribution in [2.75, 3.05) is 6.26 Å². The molecule has 0 bridgehead atoms. The van der Waals surface area contributed by atoms with Crippen LogP contribution in [0.2, 0.25) is 0 Å². The number of hydrogen-bond donors (Lipinski definition) is 2. The third kappa shape index (κ3) is 4.50. The number of carbonyl (C=O) groups excluding carboxylic acids is 1. The molecule has 0 aliphatic heterocycles. The first-order valence-corrected chi connectivity index (χ1v) is 7.39. The molecule has 0 aliphatic carbocycles. The lowest BCUT2D eigenvalue weighted by atomic mass is 10.1. The SMILES string of the molecule is CSc1ccc(C(=O)NC(C)CC(C)O)cc1[N+](=O)[O-]. The lowest BCUT2D eigenvalue weighted by Crippen LogP contribution is -2.34. The lowest BCUT2D eigenvalue weighted by Gasteiger charge is -2.15. The molecule has 1 rings (SSSR count). The van der Waals surface area contributed by atoms with E-state index in [1.54, 1.807) is 32.2 Å². The van der Waals surface area contributed by atoms with Gasteiger partial charge in [-0.3, -0.25) is 14.9 Å². The number of nitrogens with one attached hydrogen (secondary N) is 1. The molecule has 2 atom stereocenters. The van der Waals surface area contributed by atoms with Crippen molar-refractivity contribution in [1.29, 1.82) is 0 Å². The molecule has 0 spiro atoms. The molecule has 0 aromatic heterocycles. The van der Waals surface area contributed by atoms with Crippen LogP contribution < -0.4 is 5.32 Å². The number of nitro groups is 1. The lowest BCUT2D eigenvalue weighted by molar-refractivity contribution is -0.387. The molecule has 1 aromatic carbocycles. The Bertz CT molecular complexity index is 505. The summed E-state index contributed by atoms with van der Waals surface area (Å²) in [5.41, 5.74) is 0.167. The Morgan fingerprint density at radius 1 is 1.50 bits per heavy atom. The van der Waals surface area contributed by atoms with E-state index in [0.29, 0.717) is 11.3 Å². The zero-order valence-corrected chi connectivity index (χ0v) is 12.4. The summed E-state index contributed by atoms with van der Waals surface area (Å²) in [5.74, 6) is -0.381. The highest BCUT2D eigenvalue weighted by Crippen LogP contribution is 2.28. The molecule has 20 heavy (non-hydrogen) atoms. The normalized spacial score (nSPS) is 13.6. The Labute approximate surface area is 121 Å². The van der Waals surface area contributed by atoms with Gasteiger partial charge in [-0.15, -0.1) is 11.8 Å². The van der Waals surface area contributed by atoms with Gasteiger partial charge in [-0.25, -0.2) is 0 Å². The van der Waals surface area contributed by atoms with Crippen LogP contribution in [0, 0.1) is 10.1 Å². The molecular weight excluding hydrogens is 280 g/mol. The van der Waals surface area contributed by atoms with E-state index in [-0.39, 0.29) is 23.2 Å². The van der Waals surface area contributed by atoms with Gasteiger partial charge in [-0.2, -0.15) is 0 Å². The quantitative estimate of drug-likeness (QED) is 0.477. The Morgan fingerprint density at radius 2 is 2.15 bits per heavy atom. The Morgan fingerprint density at radius 3 is 2.65 bits per heavy atom. The van der Waals surface area contributed by atoms with E-state index in [4.69, 9.17) is 0 Å². The number of hydrogen-bond acceptors (Lipinski definition) is 5. The second-order valence-corrected chi connectivity index (χ2v) is 5.45. The molecule has 0 radical (unpaired) electrons. The Hall–Kier alpha value is -1.60. The van der Waals surface area contributed by atoms with Crippen LogP contribution in [0.3, 0.4) is 0 Å². The predicted molar refractivity (Wildman–Crippen MR) is 78.1 cm³/mol. The number of carbonyl (C=O) groups is 1. The average molecular weight is 298 g/mol. The van der Waals surface area contributed by atoms with Crippen LogP contribution in [-0.2, 0) is 0 Å². The third-order valence-corrected chi connectivity index (χ3v) is 3.49. The second-order valence-electron chi connectivity index (χ2n) is 4.60. The maximum atomic E-state index is 12.0. The summed E-state index contributed by atoms with van der Waals surface area (Å²) < 4.78 is 0. The van der Waals surface area contributed by atoms with Gasteiger partial charge in [0.2, 0.25) is 0 Å². The van der Waals surface area contributed by atoms with E-state index >= 15 is 0 Å². The molecule has 0 heterocycles. The van der Waals surface area contributed by atoms with E-state index in [1.165, 1.54) is 17.8 Å².